The predicted molar refractivity (Wildman–Crippen MR) is 86.4 cm³/mol. The van der Waals surface area contributed by atoms with E-state index in [1.165, 1.54) is 0 Å². The molecule has 0 aromatic carbocycles. The van der Waals surface area contributed by atoms with Crippen molar-refractivity contribution in [3.63, 3.8) is 0 Å². The topological polar surface area (TPSA) is 84.7 Å². The van der Waals surface area contributed by atoms with Crippen LogP contribution in [-0.2, 0) is 9.53 Å². The summed E-state index contributed by atoms with van der Waals surface area (Å²) in [6, 6.07) is -0.485. The van der Waals surface area contributed by atoms with Crippen molar-refractivity contribution < 1.29 is 14.3 Å². The first kappa shape index (κ1) is 18.7. The minimum Gasteiger partial charge on any atom is -0.444 e. The highest BCUT2D eigenvalue weighted by atomic mass is 16.6. The maximum atomic E-state index is 12.5. The normalized spacial score (nSPS) is 20.7. The molecule has 3 N–H and O–H groups in total. The summed E-state index contributed by atoms with van der Waals surface area (Å²) in [6.07, 6.45) is 2.48. The van der Waals surface area contributed by atoms with Crippen LogP contribution in [0.4, 0.5) is 4.79 Å². The molecule has 0 aromatic heterocycles. The fraction of sp³-hybridized carbons (Fsp3) is 0.875. The molecule has 0 spiro atoms. The number of nitrogens with one attached hydrogen (secondary N) is 1. The largest absolute Gasteiger partial charge is 0.444 e. The molecule has 1 rings (SSSR count). The number of carbonyl (C=O) groups excluding carboxylic acids is 2. The van der Waals surface area contributed by atoms with Gasteiger partial charge in [-0.3, -0.25) is 4.79 Å². The van der Waals surface area contributed by atoms with Gasteiger partial charge in [-0.1, -0.05) is 13.8 Å². The van der Waals surface area contributed by atoms with Crippen molar-refractivity contribution in [1.29, 1.82) is 0 Å². The molecule has 2 amide bonds. The lowest BCUT2D eigenvalue weighted by atomic mass is 9.98. The summed E-state index contributed by atoms with van der Waals surface area (Å²) in [4.78, 5) is 26.1. The zero-order valence-electron chi connectivity index (χ0n) is 14.5. The van der Waals surface area contributed by atoms with Crippen LogP contribution in [0.3, 0.4) is 0 Å². The fourth-order valence-corrected chi connectivity index (χ4v) is 2.49. The van der Waals surface area contributed by atoms with E-state index in [2.05, 4.69) is 5.32 Å². The molecule has 0 aromatic rings. The Morgan fingerprint density at radius 2 is 1.95 bits per heavy atom. The van der Waals surface area contributed by atoms with E-state index in [0.29, 0.717) is 13.1 Å². The van der Waals surface area contributed by atoms with E-state index < -0.39 is 17.7 Å². The first-order valence-corrected chi connectivity index (χ1v) is 8.14. The number of rotatable bonds is 4. The number of nitrogens with zero attached hydrogens (tertiary/aromatic N) is 1. The number of hydrogen-bond donors (Lipinski definition) is 2. The van der Waals surface area contributed by atoms with Crippen molar-refractivity contribution in [2.24, 2.45) is 11.7 Å². The summed E-state index contributed by atoms with van der Waals surface area (Å²) in [5, 5.41) is 2.77. The van der Waals surface area contributed by atoms with Crippen LogP contribution in [0.1, 0.15) is 53.9 Å². The third-order valence-electron chi connectivity index (χ3n) is 3.79. The Morgan fingerprint density at radius 3 is 2.50 bits per heavy atom. The van der Waals surface area contributed by atoms with Crippen LogP contribution in [-0.4, -0.2) is 47.7 Å². The zero-order chi connectivity index (χ0) is 16.9. The van der Waals surface area contributed by atoms with Crippen molar-refractivity contribution in [3.05, 3.63) is 0 Å². The lowest BCUT2D eigenvalue weighted by Gasteiger charge is -2.38. The molecule has 128 valence electrons. The quantitative estimate of drug-likeness (QED) is 0.830. The molecule has 1 heterocycles. The molecule has 1 saturated heterocycles. The van der Waals surface area contributed by atoms with Gasteiger partial charge in [-0.05, 0) is 46.0 Å². The first-order valence-electron chi connectivity index (χ1n) is 8.14. The maximum Gasteiger partial charge on any atom is 0.407 e. The lowest BCUT2D eigenvalue weighted by molar-refractivity contribution is -0.137. The van der Waals surface area contributed by atoms with E-state index in [1.54, 1.807) is 0 Å². The van der Waals surface area contributed by atoms with Gasteiger partial charge in [0.1, 0.15) is 5.60 Å². The highest BCUT2D eigenvalue weighted by molar-refractivity contribution is 5.82. The van der Waals surface area contributed by atoms with Gasteiger partial charge in [0.05, 0.1) is 6.04 Å². The minimum atomic E-state index is -0.522. The summed E-state index contributed by atoms with van der Waals surface area (Å²) >= 11 is 0. The SMILES string of the molecule is CC(C)C(N)C(=O)N1CCCCC1CNC(=O)OC(C)(C)C. The second kappa shape index (κ2) is 7.81. The van der Waals surface area contributed by atoms with E-state index in [-0.39, 0.29) is 17.9 Å². The van der Waals surface area contributed by atoms with Gasteiger partial charge in [0, 0.05) is 19.1 Å². The molecule has 0 saturated carbocycles. The third-order valence-corrected chi connectivity index (χ3v) is 3.79. The van der Waals surface area contributed by atoms with E-state index >= 15 is 0 Å². The zero-order valence-corrected chi connectivity index (χ0v) is 14.5. The summed E-state index contributed by atoms with van der Waals surface area (Å²) < 4.78 is 5.23. The molecule has 2 atom stereocenters. The van der Waals surface area contributed by atoms with Crippen LogP contribution >= 0.6 is 0 Å². The van der Waals surface area contributed by atoms with Crippen molar-refractivity contribution in [2.75, 3.05) is 13.1 Å². The standard InChI is InChI=1S/C16H31N3O3/c1-11(2)13(17)14(20)19-9-7-6-8-12(19)10-18-15(21)22-16(3,4)5/h11-13H,6-10,17H2,1-5H3,(H,18,21). The summed E-state index contributed by atoms with van der Waals surface area (Å²) in [5.74, 6) is 0.0829. The van der Waals surface area contributed by atoms with E-state index in [9.17, 15) is 9.59 Å². The van der Waals surface area contributed by atoms with Crippen LogP contribution < -0.4 is 11.1 Å². The number of nitrogens with two attached hydrogens (primary N) is 1. The molecule has 0 radical (unpaired) electrons. The minimum absolute atomic E-state index is 0.00133. The second-order valence-corrected chi connectivity index (χ2v) is 7.33. The number of alkyl carbamates (subject to hydrolysis) is 1. The van der Waals surface area contributed by atoms with E-state index in [4.69, 9.17) is 10.5 Å². The Bertz CT molecular complexity index is 391. The smallest absolute Gasteiger partial charge is 0.407 e. The van der Waals surface area contributed by atoms with Gasteiger partial charge in [-0.2, -0.15) is 0 Å². The van der Waals surface area contributed by atoms with Crippen LogP contribution in [0.15, 0.2) is 0 Å². The Labute approximate surface area is 133 Å². The van der Waals surface area contributed by atoms with Gasteiger partial charge in [0.25, 0.3) is 0 Å². The number of likely N-dealkylation sites (tertiary alicyclic amines) is 1. The molecular formula is C16H31N3O3. The molecule has 1 aliphatic heterocycles. The Balaban J connectivity index is 2.59. The van der Waals surface area contributed by atoms with Gasteiger partial charge in [-0.25, -0.2) is 4.79 Å². The van der Waals surface area contributed by atoms with Gasteiger partial charge in [-0.15, -0.1) is 0 Å². The van der Waals surface area contributed by atoms with Crippen molar-refractivity contribution >= 4 is 12.0 Å². The maximum absolute atomic E-state index is 12.5. The second-order valence-electron chi connectivity index (χ2n) is 7.33. The number of piperidine rings is 1. The molecule has 1 aliphatic rings. The Kier molecular flexibility index (Phi) is 6.66. The van der Waals surface area contributed by atoms with Gasteiger partial charge in [0.15, 0.2) is 0 Å². The van der Waals surface area contributed by atoms with Crippen LogP contribution in [0.25, 0.3) is 0 Å². The lowest BCUT2D eigenvalue weighted by Crippen LogP contribution is -2.55. The highest BCUT2D eigenvalue weighted by Crippen LogP contribution is 2.19. The van der Waals surface area contributed by atoms with Crippen LogP contribution in [0.5, 0.6) is 0 Å². The number of hydrogen-bond acceptors (Lipinski definition) is 4. The molecular weight excluding hydrogens is 282 g/mol. The molecule has 6 heteroatoms. The van der Waals surface area contributed by atoms with Gasteiger partial charge >= 0.3 is 6.09 Å². The molecule has 2 unspecified atom stereocenters. The number of amides is 2. The highest BCUT2D eigenvalue weighted by Gasteiger charge is 2.31. The third kappa shape index (κ3) is 5.83. The summed E-state index contributed by atoms with van der Waals surface area (Å²) in [7, 11) is 0. The monoisotopic (exact) mass is 313 g/mol. The van der Waals surface area contributed by atoms with Crippen molar-refractivity contribution in [2.45, 2.75) is 71.6 Å². The van der Waals surface area contributed by atoms with Crippen LogP contribution in [0.2, 0.25) is 0 Å². The Morgan fingerprint density at radius 1 is 1.32 bits per heavy atom. The average molecular weight is 313 g/mol. The van der Waals surface area contributed by atoms with Crippen LogP contribution in [0, 0.1) is 5.92 Å². The van der Waals surface area contributed by atoms with E-state index in [1.807, 2.05) is 39.5 Å². The number of ether oxygens (including phenoxy) is 1. The fourth-order valence-electron chi connectivity index (χ4n) is 2.49. The van der Waals surface area contributed by atoms with Crippen molar-refractivity contribution in [3.8, 4) is 0 Å². The van der Waals surface area contributed by atoms with Gasteiger partial charge < -0.3 is 20.7 Å². The van der Waals surface area contributed by atoms with Crippen molar-refractivity contribution in [1.82, 2.24) is 10.2 Å². The number of carbonyl (C=O) groups is 2. The molecule has 1 fully saturated rings. The summed E-state index contributed by atoms with van der Waals surface area (Å²) in [5.41, 5.74) is 5.47. The molecule has 0 aliphatic carbocycles. The van der Waals surface area contributed by atoms with E-state index in [0.717, 1.165) is 19.3 Å². The van der Waals surface area contributed by atoms with Gasteiger partial charge in [0.2, 0.25) is 5.91 Å². The summed E-state index contributed by atoms with van der Waals surface area (Å²) in [6.45, 7) is 10.5. The molecule has 22 heavy (non-hydrogen) atoms. The predicted octanol–water partition coefficient (Wildman–Crippen LogP) is 1.88. The average Bonchev–Trinajstić information content (AvgIpc) is 2.42. The molecule has 6 nitrogen and oxygen atoms in total. The molecule has 0 bridgehead atoms. The first-order chi connectivity index (χ1) is 10.1. The Hall–Kier alpha value is -1.30.